The van der Waals surface area contributed by atoms with Crippen molar-refractivity contribution in [1.82, 2.24) is 28.7 Å². The van der Waals surface area contributed by atoms with Crippen molar-refractivity contribution in [3.8, 4) is 17.0 Å². The summed E-state index contributed by atoms with van der Waals surface area (Å²) in [5.41, 5.74) is 5.01. The van der Waals surface area contributed by atoms with Gasteiger partial charge in [0.05, 0.1) is 18.3 Å². The van der Waals surface area contributed by atoms with E-state index in [9.17, 15) is 18.0 Å². The molecule has 1 aliphatic carbocycles. The Kier molecular flexibility index (Phi) is 8.72. The van der Waals surface area contributed by atoms with E-state index < -0.39 is 21.7 Å². The summed E-state index contributed by atoms with van der Waals surface area (Å²) >= 11 is 0. The molecule has 2 bridgehead atoms. The summed E-state index contributed by atoms with van der Waals surface area (Å²) < 4.78 is 36.5. The topological polar surface area (TPSA) is 116 Å². The minimum atomic E-state index is -3.98. The third kappa shape index (κ3) is 5.89. The molecular weight excluding hydrogens is 641 g/mol. The standard InChI is InChI=1S/C37H50N6O5S/c1-23-31-19-28(48-6)15-17-29(31)34-33(24-10-8-7-9-11-24)30-16-12-25(35(44)39-49(46,47)40(3)4)18-32(30)42(34)22-37(23,2)38-36(45)43-26-13-14-27(43)21-41(5)20-26/h12,15-19,23-24,26-27H,7-11,13-14,20-22H2,1-6H3,(H,38,45)(H,39,44)/t23-,26?,27?,37-/m0/s1. The quantitative estimate of drug-likeness (QED) is 0.365. The molecule has 264 valence electrons. The van der Waals surface area contributed by atoms with Crippen LogP contribution in [0.5, 0.6) is 5.75 Å². The lowest BCUT2D eigenvalue weighted by molar-refractivity contribution is 0.0947. The normalized spacial score (nSPS) is 25.9. The minimum absolute atomic E-state index is 0.0271. The SMILES string of the molecule is COc1ccc2c(c1)[C@H](C)[C@@](C)(NC(=O)N1C3CCC1CN(C)C3)Cn1c-2c(C2CCCCC2)c2ccc(C(=O)NS(=O)(=O)N(C)C)cc21. The minimum Gasteiger partial charge on any atom is -0.497 e. The van der Waals surface area contributed by atoms with E-state index in [2.05, 4.69) is 57.4 Å². The molecule has 7 rings (SSSR count). The Morgan fingerprint density at radius 2 is 1.67 bits per heavy atom. The maximum atomic E-state index is 14.3. The Bertz CT molecular complexity index is 1890. The molecule has 2 unspecified atom stereocenters. The van der Waals surface area contributed by atoms with Crippen LogP contribution in [-0.4, -0.2) is 98.0 Å². The molecule has 2 aromatic carbocycles. The number of ether oxygens (including phenoxy) is 1. The Labute approximate surface area is 290 Å². The number of piperazine rings is 1. The first-order chi connectivity index (χ1) is 23.3. The summed E-state index contributed by atoms with van der Waals surface area (Å²) in [7, 11) is 2.61. The van der Waals surface area contributed by atoms with Crippen LogP contribution in [0.15, 0.2) is 36.4 Å². The first kappa shape index (κ1) is 33.9. The molecule has 3 fully saturated rings. The fraction of sp³-hybridized carbons (Fsp3) is 0.568. The largest absolute Gasteiger partial charge is 0.497 e. The number of fused-ring (bicyclic) bond motifs is 7. The predicted octanol–water partition coefficient (Wildman–Crippen LogP) is 5.26. The average molecular weight is 691 g/mol. The zero-order valence-corrected chi connectivity index (χ0v) is 30.4. The van der Waals surface area contributed by atoms with Gasteiger partial charge < -0.3 is 24.4 Å². The monoisotopic (exact) mass is 690 g/mol. The number of carbonyl (C=O) groups is 2. The number of amides is 3. The van der Waals surface area contributed by atoms with E-state index in [-0.39, 0.29) is 29.6 Å². The van der Waals surface area contributed by atoms with Crippen LogP contribution in [0.2, 0.25) is 0 Å². The van der Waals surface area contributed by atoms with Crippen molar-refractivity contribution in [2.24, 2.45) is 0 Å². The van der Waals surface area contributed by atoms with Gasteiger partial charge in [-0.2, -0.15) is 12.7 Å². The highest BCUT2D eigenvalue weighted by Gasteiger charge is 2.46. The second-order valence-electron chi connectivity index (χ2n) is 15.2. The third-order valence-electron chi connectivity index (χ3n) is 11.8. The smallest absolute Gasteiger partial charge is 0.318 e. The molecule has 0 radical (unpaired) electrons. The number of hydrogen-bond acceptors (Lipinski definition) is 6. The number of aromatic nitrogens is 1. The molecule has 4 aliphatic rings. The van der Waals surface area contributed by atoms with Crippen LogP contribution in [0.3, 0.4) is 0 Å². The second kappa shape index (κ2) is 12.6. The summed E-state index contributed by atoms with van der Waals surface area (Å²) in [5.74, 6) is 0.337. The van der Waals surface area contributed by atoms with Crippen molar-refractivity contribution in [2.75, 3.05) is 41.3 Å². The Hall–Kier alpha value is -3.61. The van der Waals surface area contributed by atoms with Crippen LogP contribution in [0.1, 0.15) is 92.1 Å². The van der Waals surface area contributed by atoms with Crippen LogP contribution in [0, 0.1) is 0 Å². The van der Waals surface area contributed by atoms with Gasteiger partial charge >= 0.3 is 16.2 Å². The maximum absolute atomic E-state index is 14.3. The summed E-state index contributed by atoms with van der Waals surface area (Å²) in [4.78, 5) is 32.2. The van der Waals surface area contributed by atoms with Crippen molar-refractivity contribution in [3.63, 3.8) is 0 Å². The van der Waals surface area contributed by atoms with Crippen molar-refractivity contribution in [2.45, 2.75) is 94.8 Å². The molecule has 3 amide bonds. The van der Waals surface area contributed by atoms with Crippen molar-refractivity contribution < 1.29 is 22.7 Å². The van der Waals surface area contributed by atoms with Gasteiger partial charge in [-0.15, -0.1) is 0 Å². The van der Waals surface area contributed by atoms with E-state index in [1.165, 1.54) is 26.1 Å². The zero-order chi connectivity index (χ0) is 34.8. The summed E-state index contributed by atoms with van der Waals surface area (Å²) in [6, 6.07) is 12.2. The van der Waals surface area contributed by atoms with Gasteiger partial charge in [0.25, 0.3) is 5.91 Å². The lowest BCUT2D eigenvalue weighted by Gasteiger charge is -2.43. The molecule has 1 aromatic heterocycles. The molecular formula is C37H50N6O5S. The van der Waals surface area contributed by atoms with Gasteiger partial charge in [0.15, 0.2) is 0 Å². The van der Waals surface area contributed by atoms with Crippen LogP contribution >= 0.6 is 0 Å². The third-order valence-corrected chi connectivity index (χ3v) is 13.2. The van der Waals surface area contributed by atoms with Crippen LogP contribution < -0.4 is 14.8 Å². The Balaban J connectivity index is 1.40. The van der Waals surface area contributed by atoms with Crippen molar-refractivity contribution >= 4 is 33.1 Å². The van der Waals surface area contributed by atoms with Gasteiger partial charge in [-0.25, -0.2) is 9.52 Å². The van der Waals surface area contributed by atoms with Crippen LogP contribution in [-0.2, 0) is 16.8 Å². The Morgan fingerprint density at radius 3 is 2.33 bits per heavy atom. The van der Waals surface area contributed by atoms with Gasteiger partial charge in [0.2, 0.25) is 0 Å². The molecule has 0 spiro atoms. The van der Waals surface area contributed by atoms with E-state index in [4.69, 9.17) is 4.74 Å². The van der Waals surface area contributed by atoms with E-state index in [1.54, 1.807) is 13.2 Å². The molecule has 1 saturated carbocycles. The van der Waals surface area contributed by atoms with Gasteiger partial charge in [-0.05, 0) is 87.0 Å². The Morgan fingerprint density at radius 1 is 0.980 bits per heavy atom. The van der Waals surface area contributed by atoms with Gasteiger partial charge in [-0.3, -0.25) is 4.79 Å². The molecule has 4 atom stereocenters. The lowest BCUT2D eigenvalue weighted by atomic mass is 9.78. The fourth-order valence-corrected chi connectivity index (χ4v) is 9.53. The van der Waals surface area contributed by atoms with E-state index in [0.717, 1.165) is 89.4 Å². The zero-order valence-electron chi connectivity index (χ0n) is 29.6. The number of urea groups is 1. The lowest BCUT2D eigenvalue weighted by Crippen LogP contribution is -2.62. The number of likely N-dealkylation sites (N-methyl/N-ethyl adjacent to an activating group) is 1. The highest BCUT2D eigenvalue weighted by molar-refractivity contribution is 7.87. The molecule has 12 heteroatoms. The van der Waals surface area contributed by atoms with Crippen LogP contribution in [0.4, 0.5) is 4.79 Å². The predicted molar refractivity (Wildman–Crippen MR) is 191 cm³/mol. The molecule has 3 aromatic rings. The number of likely N-dealkylation sites (tertiary alicyclic amines) is 1. The number of methoxy groups -OCH3 is 1. The molecule has 49 heavy (non-hydrogen) atoms. The molecule has 3 aliphatic heterocycles. The highest BCUT2D eigenvalue weighted by Crippen LogP contribution is 2.50. The van der Waals surface area contributed by atoms with E-state index >= 15 is 0 Å². The molecule has 2 N–H and O–H groups in total. The van der Waals surface area contributed by atoms with Crippen LogP contribution in [0.25, 0.3) is 22.2 Å². The number of carbonyl (C=O) groups excluding carboxylic acids is 2. The van der Waals surface area contributed by atoms with E-state index in [1.807, 2.05) is 18.2 Å². The van der Waals surface area contributed by atoms with Gasteiger partial charge in [0, 0.05) is 73.8 Å². The first-order valence-electron chi connectivity index (χ1n) is 17.7. The fourth-order valence-electron chi connectivity index (χ4n) is 9.00. The maximum Gasteiger partial charge on any atom is 0.318 e. The van der Waals surface area contributed by atoms with Crippen molar-refractivity contribution in [1.29, 1.82) is 0 Å². The second-order valence-corrected chi connectivity index (χ2v) is 17.1. The summed E-state index contributed by atoms with van der Waals surface area (Å²) in [5, 5.41) is 4.63. The van der Waals surface area contributed by atoms with Gasteiger partial charge in [-0.1, -0.05) is 32.3 Å². The highest BCUT2D eigenvalue weighted by atomic mass is 32.2. The molecule has 2 saturated heterocycles. The number of hydrogen-bond donors (Lipinski definition) is 2. The molecule has 11 nitrogen and oxygen atoms in total. The number of rotatable bonds is 6. The van der Waals surface area contributed by atoms with Gasteiger partial charge in [0.1, 0.15) is 5.75 Å². The number of benzene rings is 2. The summed E-state index contributed by atoms with van der Waals surface area (Å²) in [6.07, 6.45) is 7.73. The number of nitrogens with one attached hydrogen (secondary N) is 2. The average Bonchev–Trinajstić information content (AvgIpc) is 3.51. The van der Waals surface area contributed by atoms with Crippen molar-refractivity contribution in [3.05, 3.63) is 53.1 Å². The summed E-state index contributed by atoms with van der Waals surface area (Å²) in [6.45, 7) is 6.55. The molecule has 4 heterocycles. The van der Waals surface area contributed by atoms with E-state index in [0.29, 0.717) is 12.5 Å². The first-order valence-corrected chi connectivity index (χ1v) is 19.1. The number of nitrogens with zero attached hydrogens (tertiary/aromatic N) is 4.